The van der Waals surface area contributed by atoms with Crippen LogP contribution in [-0.2, 0) is 26.5 Å². The van der Waals surface area contributed by atoms with Crippen LogP contribution >= 0.6 is 0 Å². The number of rotatable bonds is 10. The van der Waals surface area contributed by atoms with Crippen LogP contribution in [0.5, 0.6) is 11.5 Å². The summed E-state index contributed by atoms with van der Waals surface area (Å²) in [5.41, 5.74) is -0.220. The van der Waals surface area contributed by atoms with E-state index in [1.54, 1.807) is 89.9 Å². The van der Waals surface area contributed by atoms with Crippen LogP contribution in [0.2, 0.25) is 18.6 Å². The number of aromatic nitrogens is 2. The Morgan fingerprint density at radius 2 is 1.56 bits per heavy atom. The first kappa shape index (κ1) is 37.3. The van der Waals surface area contributed by atoms with Crippen molar-refractivity contribution in [3.63, 3.8) is 0 Å². The second kappa shape index (κ2) is 14.3. The number of hydrogen-bond acceptors (Lipinski definition) is 8. The number of methoxy groups -OCH3 is 2. The number of pyridine rings is 2. The van der Waals surface area contributed by atoms with Crippen molar-refractivity contribution in [2.75, 3.05) is 32.3 Å². The zero-order valence-electron chi connectivity index (χ0n) is 31.0. The molecule has 54 heavy (non-hydrogen) atoms. The Morgan fingerprint density at radius 1 is 0.944 bits per heavy atom. The van der Waals surface area contributed by atoms with E-state index < -0.39 is 37.1 Å². The Balaban J connectivity index is 1.31. The van der Waals surface area contributed by atoms with Crippen molar-refractivity contribution in [2.24, 2.45) is 5.92 Å². The molecule has 7 rings (SSSR count). The van der Waals surface area contributed by atoms with E-state index in [9.17, 15) is 19.5 Å². The second-order valence-electron chi connectivity index (χ2n) is 14.8. The summed E-state index contributed by atoms with van der Waals surface area (Å²) in [6.45, 7) is 5.46. The highest BCUT2D eigenvalue weighted by atomic mass is 28.4. The lowest BCUT2D eigenvalue weighted by atomic mass is 9.82. The Kier molecular flexibility index (Phi) is 9.87. The van der Waals surface area contributed by atoms with Gasteiger partial charge in [0, 0.05) is 47.3 Å². The highest BCUT2D eigenvalue weighted by Crippen LogP contribution is 2.60. The Bertz CT molecular complexity index is 2200. The lowest BCUT2D eigenvalue weighted by Crippen LogP contribution is -2.45. The van der Waals surface area contributed by atoms with Crippen molar-refractivity contribution in [1.82, 2.24) is 14.0 Å². The molecule has 0 unspecified atom stereocenters. The molecule has 284 valence electrons. The van der Waals surface area contributed by atoms with Gasteiger partial charge in [0.05, 0.1) is 51.6 Å². The highest BCUT2D eigenvalue weighted by molar-refractivity contribution is 6.72. The topological polar surface area (TPSA) is 133 Å². The number of nitrogens with zero attached hydrogens (tertiary/aromatic N) is 4. The number of anilines is 1. The maximum Gasteiger partial charge on any atom is 0.297 e. The van der Waals surface area contributed by atoms with Gasteiger partial charge in [-0.25, -0.2) is 0 Å². The summed E-state index contributed by atoms with van der Waals surface area (Å²) in [5, 5.41) is 9.93. The normalized spacial score (nSPS) is 23.6. The fourth-order valence-electron chi connectivity index (χ4n) is 8.80. The molecule has 5 heterocycles. The van der Waals surface area contributed by atoms with Crippen molar-refractivity contribution >= 4 is 25.9 Å². The molecule has 1 spiro atoms. The van der Waals surface area contributed by atoms with E-state index in [1.807, 2.05) is 19.1 Å². The van der Waals surface area contributed by atoms with Crippen molar-refractivity contribution in [3.8, 4) is 22.9 Å². The van der Waals surface area contributed by atoms with Crippen LogP contribution in [0, 0.1) is 5.92 Å². The molecule has 0 saturated carbocycles. The van der Waals surface area contributed by atoms with E-state index in [-0.39, 0.29) is 54.5 Å². The number of benzene rings is 2. The number of hydrogen-bond donors (Lipinski definition) is 1. The number of halogens is 1. The number of aliphatic hydroxyl groups is 1. The summed E-state index contributed by atoms with van der Waals surface area (Å²) >= 11 is 0. The molecule has 5 atom stereocenters. The fourth-order valence-corrected chi connectivity index (χ4v) is 11.3. The van der Waals surface area contributed by atoms with Gasteiger partial charge in [-0.3, -0.25) is 28.3 Å². The number of carbonyl (C=O) groups excluding carboxylic acids is 2. The van der Waals surface area contributed by atoms with Gasteiger partial charge in [0.2, 0.25) is 14.3 Å². The van der Waals surface area contributed by atoms with Crippen LogP contribution in [0.3, 0.4) is 0 Å². The predicted molar refractivity (Wildman–Crippen MR) is 203 cm³/mol. The van der Waals surface area contributed by atoms with E-state index in [0.717, 1.165) is 12.0 Å². The first-order chi connectivity index (χ1) is 25.8. The Morgan fingerprint density at radius 3 is 2.15 bits per heavy atom. The van der Waals surface area contributed by atoms with Crippen LogP contribution in [0.15, 0.2) is 88.7 Å². The maximum atomic E-state index is 16.6. The fraction of sp³-hybridized carbons (Fsp3) is 0.400. The molecule has 2 saturated heterocycles. The van der Waals surface area contributed by atoms with E-state index in [4.69, 9.17) is 14.2 Å². The number of amides is 2. The monoisotopic (exact) mass is 756 g/mol. The quantitative estimate of drug-likeness (QED) is 0.182. The first-order valence-electron chi connectivity index (χ1n) is 18.2. The summed E-state index contributed by atoms with van der Waals surface area (Å²) in [6.07, 6.45) is 3.67. The third-order valence-corrected chi connectivity index (χ3v) is 13.8. The van der Waals surface area contributed by atoms with Crippen molar-refractivity contribution in [1.29, 1.82) is 0 Å². The van der Waals surface area contributed by atoms with Gasteiger partial charge in [-0.1, -0.05) is 19.1 Å². The minimum atomic E-state index is -3.60. The van der Waals surface area contributed by atoms with Crippen LogP contribution in [-0.4, -0.2) is 78.9 Å². The van der Waals surface area contributed by atoms with Gasteiger partial charge in [0.25, 0.3) is 17.0 Å². The zero-order valence-corrected chi connectivity index (χ0v) is 32.0. The minimum Gasteiger partial charge on any atom is -0.491 e. The van der Waals surface area contributed by atoms with Crippen molar-refractivity contribution in [2.45, 2.75) is 69.1 Å². The number of fused-ring (bicyclic) bond motifs is 2. The zero-order chi connectivity index (χ0) is 38.5. The van der Waals surface area contributed by atoms with Crippen LogP contribution in [0.4, 0.5) is 9.80 Å². The average Bonchev–Trinajstić information content (AvgIpc) is 3.82. The van der Waals surface area contributed by atoms with Gasteiger partial charge < -0.3 is 33.2 Å². The lowest BCUT2D eigenvalue weighted by molar-refractivity contribution is -0.150. The molecule has 0 aliphatic carbocycles. The summed E-state index contributed by atoms with van der Waals surface area (Å²) in [4.78, 5) is 58.4. The van der Waals surface area contributed by atoms with Gasteiger partial charge >= 0.3 is 0 Å². The van der Waals surface area contributed by atoms with Crippen LogP contribution < -0.4 is 25.5 Å². The molecule has 14 heteroatoms. The molecule has 2 fully saturated rings. The number of ether oxygens (including phenoxy) is 3. The molecular weight excluding hydrogens is 712 g/mol. The van der Waals surface area contributed by atoms with Crippen LogP contribution in [0.25, 0.3) is 11.4 Å². The molecule has 3 aliphatic heterocycles. The summed E-state index contributed by atoms with van der Waals surface area (Å²) in [5.74, 6) is -0.953. The van der Waals surface area contributed by atoms with Gasteiger partial charge in [-0.05, 0) is 86.1 Å². The smallest absolute Gasteiger partial charge is 0.297 e. The van der Waals surface area contributed by atoms with Gasteiger partial charge in [-0.15, -0.1) is 0 Å². The van der Waals surface area contributed by atoms with Gasteiger partial charge in [0.15, 0.2) is 17.1 Å². The standard InChI is InChI=1S/C40H45FN4O8Si/c1-25-36(54(4,5)41)34(22-35(47)42-18-6-9-29(42)24-46)53-40(25)30-21-28(44-20-8-11-33(52-3)38(44)49)16-17-31(30)45(39(40)50)23-26-12-14-27(15-13-26)43-19-7-10-32(51-2)37(43)48/h7-8,10-17,19-21,25,29,34,36,46H,6,9,18,22-24H2,1-5H3/t25-,29-,34+,36-,40+/m0/s1. The SMILES string of the molecule is COc1cccn(-c2ccc(CN3C(=O)[C@]4(O[C@H](CC(=O)N5CCC[C@H]5CO)[C@@H]([Si](C)(C)F)[C@@H]4C)c4cc(-n5cccc(OC)c5=O)ccc43)cc2)c1=O. The summed E-state index contributed by atoms with van der Waals surface area (Å²) in [6, 6.07) is 18.8. The third kappa shape index (κ3) is 6.15. The van der Waals surface area contributed by atoms with Crippen molar-refractivity contribution in [3.05, 3.63) is 111 Å². The van der Waals surface area contributed by atoms with Crippen molar-refractivity contribution < 1.29 is 33.0 Å². The Labute approximate surface area is 313 Å². The molecular formula is C40H45FN4O8Si. The molecule has 1 N–H and O–H groups in total. The molecule has 0 radical (unpaired) electrons. The molecule has 2 aromatic carbocycles. The molecule has 12 nitrogen and oxygen atoms in total. The lowest BCUT2D eigenvalue weighted by Gasteiger charge is -2.31. The Hall–Kier alpha value is -5.05. The summed E-state index contributed by atoms with van der Waals surface area (Å²) in [7, 11) is -0.741. The largest absolute Gasteiger partial charge is 0.491 e. The number of likely N-dealkylation sites (tertiary alicyclic amines) is 1. The van der Waals surface area contributed by atoms with E-state index in [0.29, 0.717) is 35.6 Å². The molecule has 4 aromatic rings. The molecule has 3 aliphatic rings. The maximum absolute atomic E-state index is 16.6. The number of carbonyl (C=O) groups is 2. The predicted octanol–water partition coefficient (Wildman–Crippen LogP) is 4.70. The van der Waals surface area contributed by atoms with E-state index >= 15 is 8.90 Å². The van der Waals surface area contributed by atoms with Gasteiger partial charge in [0.1, 0.15) is 0 Å². The highest BCUT2D eigenvalue weighted by Gasteiger charge is 2.67. The van der Waals surface area contributed by atoms with Gasteiger partial charge in [-0.2, -0.15) is 0 Å². The molecule has 2 amide bonds. The average molecular weight is 757 g/mol. The second-order valence-corrected chi connectivity index (χ2v) is 18.6. The first-order valence-corrected chi connectivity index (χ1v) is 21.1. The van der Waals surface area contributed by atoms with E-state index in [1.165, 1.54) is 23.4 Å². The van der Waals surface area contributed by atoms with Crippen LogP contribution in [0.1, 0.15) is 37.3 Å². The number of aliphatic hydroxyl groups excluding tert-OH is 1. The molecule has 2 aromatic heterocycles. The third-order valence-electron chi connectivity index (χ3n) is 11.3. The summed E-state index contributed by atoms with van der Waals surface area (Å²) < 4.78 is 36.8. The van der Waals surface area contributed by atoms with E-state index in [2.05, 4.69) is 0 Å². The molecule has 0 bridgehead atoms. The minimum absolute atomic E-state index is 0.129.